The second-order valence-electron chi connectivity index (χ2n) is 3.38. The third kappa shape index (κ3) is 1.84. The molecule has 2 aromatic rings. The molecule has 1 saturated heterocycles. The van der Waals surface area contributed by atoms with Gasteiger partial charge in [-0.1, -0.05) is 0 Å². The molecule has 2 aromatic heterocycles. The molecule has 0 saturated carbocycles. The van der Waals surface area contributed by atoms with Crippen LogP contribution < -0.4 is 0 Å². The Kier molecular flexibility index (Phi) is 2.65. The lowest BCUT2D eigenvalue weighted by Crippen LogP contribution is -2.00. The van der Waals surface area contributed by atoms with E-state index in [1.807, 2.05) is 17.5 Å². The van der Waals surface area contributed by atoms with Gasteiger partial charge in [0.05, 0.1) is 18.9 Å². The van der Waals surface area contributed by atoms with Crippen LogP contribution in [0.4, 0.5) is 0 Å². The van der Waals surface area contributed by atoms with Gasteiger partial charge in [0, 0.05) is 23.3 Å². The molecule has 0 atom stereocenters. The molecule has 0 radical (unpaired) electrons. The van der Waals surface area contributed by atoms with Crippen molar-refractivity contribution in [2.75, 3.05) is 13.2 Å². The van der Waals surface area contributed by atoms with E-state index in [-0.39, 0.29) is 6.29 Å². The maximum absolute atomic E-state index is 5.37. The monoisotopic (exact) mass is 234 g/mol. The van der Waals surface area contributed by atoms with Crippen LogP contribution in [0.5, 0.6) is 0 Å². The Bertz CT molecular complexity index is 449. The largest absolute Gasteiger partial charge is 0.345 e. The minimum atomic E-state index is -0.301. The van der Waals surface area contributed by atoms with Gasteiger partial charge in [-0.2, -0.15) is 0 Å². The zero-order chi connectivity index (χ0) is 10.8. The van der Waals surface area contributed by atoms with Crippen molar-refractivity contribution >= 4 is 11.3 Å². The number of ether oxygens (including phenoxy) is 2. The maximum Gasteiger partial charge on any atom is 0.201 e. The summed E-state index contributed by atoms with van der Waals surface area (Å²) in [4.78, 5) is 8.56. The summed E-state index contributed by atoms with van der Waals surface area (Å²) >= 11 is 1.60. The fourth-order valence-electron chi connectivity index (χ4n) is 1.57. The van der Waals surface area contributed by atoms with Crippen molar-refractivity contribution in [3.8, 4) is 10.6 Å². The van der Waals surface area contributed by atoms with Crippen molar-refractivity contribution < 1.29 is 9.47 Å². The SMILES string of the molecule is c1csc(-c2ccc(C3OCCO3)nc2)n1. The maximum atomic E-state index is 5.37. The van der Waals surface area contributed by atoms with Gasteiger partial charge >= 0.3 is 0 Å². The molecule has 0 unspecified atom stereocenters. The third-order valence-corrected chi connectivity index (χ3v) is 3.15. The van der Waals surface area contributed by atoms with E-state index in [2.05, 4.69) is 9.97 Å². The van der Waals surface area contributed by atoms with Crippen LogP contribution in [0, 0.1) is 0 Å². The van der Waals surface area contributed by atoms with Crippen LogP contribution in [-0.4, -0.2) is 23.2 Å². The van der Waals surface area contributed by atoms with Crippen LogP contribution in [0.15, 0.2) is 29.9 Å². The van der Waals surface area contributed by atoms with E-state index < -0.39 is 0 Å². The normalized spacial score (nSPS) is 16.8. The molecule has 3 rings (SSSR count). The molecular weight excluding hydrogens is 224 g/mol. The summed E-state index contributed by atoms with van der Waals surface area (Å²) in [5, 5.41) is 2.93. The molecule has 1 aliphatic heterocycles. The summed E-state index contributed by atoms with van der Waals surface area (Å²) in [6.45, 7) is 1.28. The van der Waals surface area contributed by atoms with Gasteiger partial charge in [-0.15, -0.1) is 11.3 Å². The van der Waals surface area contributed by atoms with E-state index in [0.717, 1.165) is 16.3 Å². The van der Waals surface area contributed by atoms with Crippen LogP contribution in [0.1, 0.15) is 12.0 Å². The minimum absolute atomic E-state index is 0.301. The van der Waals surface area contributed by atoms with E-state index in [9.17, 15) is 0 Å². The summed E-state index contributed by atoms with van der Waals surface area (Å²) in [6, 6.07) is 3.92. The van der Waals surface area contributed by atoms with E-state index in [1.165, 1.54) is 0 Å². The lowest BCUT2D eigenvalue weighted by atomic mass is 10.2. The molecule has 4 nitrogen and oxygen atoms in total. The zero-order valence-corrected chi connectivity index (χ0v) is 9.31. The van der Waals surface area contributed by atoms with E-state index in [4.69, 9.17) is 9.47 Å². The smallest absolute Gasteiger partial charge is 0.201 e. The number of rotatable bonds is 2. The highest BCUT2D eigenvalue weighted by molar-refractivity contribution is 7.13. The number of nitrogens with zero attached hydrogens (tertiary/aromatic N) is 2. The fraction of sp³-hybridized carbons (Fsp3) is 0.273. The highest BCUT2D eigenvalue weighted by atomic mass is 32.1. The Hall–Kier alpha value is -1.30. The first-order chi connectivity index (χ1) is 7.93. The number of hydrogen-bond acceptors (Lipinski definition) is 5. The summed E-state index contributed by atoms with van der Waals surface area (Å²) < 4.78 is 10.7. The summed E-state index contributed by atoms with van der Waals surface area (Å²) in [7, 11) is 0. The molecule has 0 N–H and O–H groups in total. The zero-order valence-electron chi connectivity index (χ0n) is 8.50. The first-order valence-electron chi connectivity index (χ1n) is 5.02. The number of pyridine rings is 1. The van der Waals surface area contributed by atoms with Gasteiger partial charge in [0.1, 0.15) is 5.01 Å². The predicted molar refractivity (Wildman–Crippen MR) is 60.0 cm³/mol. The van der Waals surface area contributed by atoms with Crippen molar-refractivity contribution in [2.45, 2.75) is 6.29 Å². The second kappa shape index (κ2) is 4.29. The first-order valence-corrected chi connectivity index (χ1v) is 5.90. The van der Waals surface area contributed by atoms with Crippen LogP contribution in [0.3, 0.4) is 0 Å². The standard InChI is InChI=1S/C11H10N2O2S/c1-2-9(11-14-4-5-15-11)13-7-8(1)10-12-3-6-16-10/h1-3,6-7,11H,4-5H2. The van der Waals surface area contributed by atoms with E-state index >= 15 is 0 Å². The van der Waals surface area contributed by atoms with Crippen molar-refractivity contribution in [1.29, 1.82) is 0 Å². The van der Waals surface area contributed by atoms with Gasteiger partial charge in [-0.25, -0.2) is 4.98 Å². The Morgan fingerprint density at radius 2 is 2.06 bits per heavy atom. The summed E-state index contributed by atoms with van der Waals surface area (Å²) in [6.07, 6.45) is 3.29. The highest BCUT2D eigenvalue weighted by Gasteiger charge is 2.19. The fourth-order valence-corrected chi connectivity index (χ4v) is 2.20. The average Bonchev–Trinajstić information content (AvgIpc) is 3.03. The average molecular weight is 234 g/mol. The molecule has 0 bridgehead atoms. The van der Waals surface area contributed by atoms with Crippen molar-refractivity contribution in [3.05, 3.63) is 35.6 Å². The Morgan fingerprint density at radius 1 is 1.19 bits per heavy atom. The molecule has 0 amide bonds. The highest BCUT2D eigenvalue weighted by Crippen LogP contribution is 2.25. The molecule has 5 heteroatoms. The molecular formula is C11H10N2O2S. The second-order valence-corrected chi connectivity index (χ2v) is 4.28. The number of thiazole rings is 1. The first kappa shape index (κ1) is 9.89. The summed E-state index contributed by atoms with van der Waals surface area (Å²) in [5.41, 5.74) is 1.84. The lowest BCUT2D eigenvalue weighted by Gasteiger charge is -2.07. The Morgan fingerprint density at radius 3 is 2.69 bits per heavy atom. The topological polar surface area (TPSA) is 44.2 Å². The molecule has 1 aliphatic rings. The van der Waals surface area contributed by atoms with Crippen molar-refractivity contribution in [2.24, 2.45) is 0 Å². The van der Waals surface area contributed by atoms with Gasteiger partial charge < -0.3 is 9.47 Å². The molecule has 0 aliphatic carbocycles. The van der Waals surface area contributed by atoms with Crippen LogP contribution >= 0.6 is 11.3 Å². The molecule has 0 aromatic carbocycles. The van der Waals surface area contributed by atoms with Gasteiger partial charge in [-0.05, 0) is 12.1 Å². The molecule has 3 heterocycles. The van der Waals surface area contributed by atoms with Gasteiger partial charge in [-0.3, -0.25) is 4.98 Å². The van der Waals surface area contributed by atoms with Crippen LogP contribution in [0.2, 0.25) is 0 Å². The Labute approximate surface area is 96.9 Å². The molecule has 0 spiro atoms. The van der Waals surface area contributed by atoms with Crippen molar-refractivity contribution in [1.82, 2.24) is 9.97 Å². The predicted octanol–water partition coefficient (Wildman–Crippen LogP) is 2.25. The van der Waals surface area contributed by atoms with Crippen LogP contribution in [-0.2, 0) is 9.47 Å². The molecule has 16 heavy (non-hydrogen) atoms. The van der Waals surface area contributed by atoms with Crippen molar-refractivity contribution in [3.63, 3.8) is 0 Å². The van der Waals surface area contributed by atoms with Crippen LogP contribution in [0.25, 0.3) is 10.6 Å². The van der Waals surface area contributed by atoms with E-state index in [0.29, 0.717) is 13.2 Å². The van der Waals surface area contributed by atoms with Gasteiger partial charge in [0.15, 0.2) is 0 Å². The number of hydrogen-bond donors (Lipinski definition) is 0. The number of aromatic nitrogens is 2. The third-order valence-electron chi connectivity index (χ3n) is 2.33. The molecule has 82 valence electrons. The van der Waals surface area contributed by atoms with Gasteiger partial charge in [0.25, 0.3) is 0 Å². The summed E-state index contributed by atoms with van der Waals surface area (Å²) in [5.74, 6) is 0. The minimum Gasteiger partial charge on any atom is -0.345 e. The quantitative estimate of drug-likeness (QED) is 0.799. The van der Waals surface area contributed by atoms with Gasteiger partial charge in [0.2, 0.25) is 6.29 Å². The molecule has 1 fully saturated rings. The van der Waals surface area contributed by atoms with E-state index in [1.54, 1.807) is 23.7 Å². The lowest BCUT2D eigenvalue weighted by molar-refractivity contribution is -0.0472. The Balaban J connectivity index is 1.84.